The smallest absolute Gasteiger partial charge is 0.310 e. The standard InChI is InChI=1S/C15H19N3O3S/c1-2-21-14(20)11-4-3-5-17(9-11)13(19)8-12-10-18-6-7-22-15(18)16-12/h6-7,10-11H,2-5,8-9H2,1H3. The van der Waals surface area contributed by atoms with Crippen LogP contribution in [0.5, 0.6) is 0 Å². The van der Waals surface area contributed by atoms with Crippen LogP contribution in [-0.2, 0) is 20.7 Å². The lowest BCUT2D eigenvalue weighted by Gasteiger charge is -2.31. The average Bonchev–Trinajstić information content (AvgIpc) is 3.09. The van der Waals surface area contributed by atoms with Crippen molar-refractivity contribution in [3.63, 3.8) is 0 Å². The minimum absolute atomic E-state index is 0.0275. The van der Waals surface area contributed by atoms with Gasteiger partial charge in [0.05, 0.1) is 24.6 Å². The first kappa shape index (κ1) is 15.0. The summed E-state index contributed by atoms with van der Waals surface area (Å²) in [5, 5.41) is 1.96. The Labute approximate surface area is 132 Å². The van der Waals surface area contributed by atoms with E-state index in [4.69, 9.17) is 4.74 Å². The summed E-state index contributed by atoms with van der Waals surface area (Å²) in [6, 6.07) is 0. The Morgan fingerprint density at radius 1 is 1.50 bits per heavy atom. The Morgan fingerprint density at radius 2 is 2.36 bits per heavy atom. The van der Waals surface area contributed by atoms with Crippen LogP contribution >= 0.6 is 11.3 Å². The molecule has 1 saturated heterocycles. The van der Waals surface area contributed by atoms with Gasteiger partial charge in [0, 0.05) is 30.9 Å². The van der Waals surface area contributed by atoms with Crippen LogP contribution < -0.4 is 0 Å². The van der Waals surface area contributed by atoms with Crippen molar-refractivity contribution in [2.75, 3.05) is 19.7 Å². The molecule has 1 amide bonds. The van der Waals surface area contributed by atoms with Crippen LogP contribution in [0.15, 0.2) is 17.8 Å². The summed E-state index contributed by atoms with van der Waals surface area (Å²) < 4.78 is 6.99. The zero-order chi connectivity index (χ0) is 15.5. The minimum Gasteiger partial charge on any atom is -0.466 e. The van der Waals surface area contributed by atoms with E-state index in [1.807, 2.05) is 22.2 Å². The fraction of sp³-hybridized carbons (Fsp3) is 0.533. The summed E-state index contributed by atoms with van der Waals surface area (Å²) in [6.07, 6.45) is 5.73. The normalized spacial score (nSPS) is 18.6. The molecular weight excluding hydrogens is 302 g/mol. The lowest BCUT2D eigenvalue weighted by molar-refractivity contribution is -0.151. The zero-order valence-corrected chi connectivity index (χ0v) is 13.3. The summed E-state index contributed by atoms with van der Waals surface area (Å²) in [4.78, 5) is 31.3. The molecule has 0 aromatic carbocycles. The summed E-state index contributed by atoms with van der Waals surface area (Å²) in [5.74, 6) is -0.356. The summed E-state index contributed by atoms with van der Waals surface area (Å²) in [6.45, 7) is 3.35. The molecule has 0 spiro atoms. The van der Waals surface area contributed by atoms with Gasteiger partial charge in [0.1, 0.15) is 0 Å². The fourth-order valence-corrected chi connectivity index (χ4v) is 3.50. The quantitative estimate of drug-likeness (QED) is 0.805. The third-order valence-corrected chi connectivity index (χ3v) is 4.64. The Balaban J connectivity index is 1.61. The van der Waals surface area contributed by atoms with Gasteiger partial charge in [-0.05, 0) is 19.8 Å². The average molecular weight is 321 g/mol. The van der Waals surface area contributed by atoms with Gasteiger partial charge in [-0.3, -0.25) is 14.0 Å². The highest BCUT2D eigenvalue weighted by Crippen LogP contribution is 2.19. The Bertz CT molecular complexity index is 650. The van der Waals surface area contributed by atoms with Crippen LogP contribution in [0.4, 0.5) is 0 Å². The number of esters is 1. The van der Waals surface area contributed by atoms with Gasteiger partial charge in [-0.15, -0.1) is 11.3 Å². The second kappa shape index (κ2) is 6.48. The number of hydrogen-bond acceptors (Lipinski definition) is 5. The van der Waals surface area contributed by atoms with Crippen molar-refractivity contribution in [1.82, 2.24) is 14.3 Å². The van der Waals surface area contributed by atoms with Gasteiger partial charge >= 0.3 is 5.97 Å². The van der Waals surface area contributed by atoms with Crippen molar-refractivity contribution in [3.8, 4) is 0 Å². The molecule has 0 saturated carbocycles. The molecule has 0 bridgehead atoms. The van der Waals surface area contributed by atoms with Gasteiger partial charge in [0.25, 0.3) is 0 Å². The molecule has 1 fully saturated rings. The first-order chi connectivity index (χ1) is 10.7. The van der Waals surface area contributed by atoms with E-state index in [0.29, 0.717) is 19.7 Å². The molecule has 118 valence electrons. The van der Waals surface area contributed by atoms with E-state index in [1.54, 1.807) is 23.2 Å². The predicted octanol–water partition coefficient (Wildman–Crippen LogP) is 1.74. The molecule has 7 heteroatoms. The SMILES string of the molecule is CCOC(=O)C1CCCN(C(=O)Cc2cn3ccsc3n2)C1. The van der Waals surface area contributed by atoms with Crippen molar-refractivity contribution in [3.05, 3.63) is 23.5 Å². The van der Waals surface area contributed by atoms with Crippen molar-refractivity contribution >= 4 is 28.2 Å². The Kier molecular flexibility index (Phi) is 4.42. The minimum atomic E-state index is -0.192. The number of hydrogen-bond donors (Lipinski definition) is 0. The molecule has 2 aromatic rings. The zero-order valence-electron chi connectivity index (χ0n) is 12.5. The number of amides is 1. The second-order valence-electron chi connectivity index (χ2n) is 5.43. The van der Waals surface area contributed by atoms with Gasteiger partial charge < -0.3 is 9.64 Å². The lowest BCUT2D eigenvalue weighted by atomic mass is 9.98. The second-order valence-corrected chi connectivity index (χ2v) is 6.31. The molecule has 1 unspecified atom stereocenters. The maximum atomic E-state index is 12.4. The molecular formula is C15H19N3O3S. The molecule has 1 aliphatic rings. The van der Waals surface area contributed by atoms with Crippen molar-refractivity contribution in [2.24, 2.45) is 5.92 Å². The number of ether oxygens (including phenoxy) is 1. The van der Waals surface area contributed by atoms with Crippen molar-refractivity contribution in [2.45, 2.75) is 26.2 Å². The number of imidazole rings is 1. The van der Waals surface area contributed by atoms with Gasteiger partial charge in [0.2, 0.25) is 5.91 Å². The van der Waals surface area contributed by atoms with Gasteiger partial charge in [-0.25, -0.2) is 4.98 Å². The summed E-state index contributed by atoms with van der Waals surface area (Å²) >= 11 is 1.55. The highest BCUT2D eigenvalue weighted by Gasteiger charge is 2.29. The molecule has 22 heavy (non-hydrogen) atoms. The van der Waals surface area contributed by atoms with Crippen LogP contribution in [0.1, 0.15) is 25.5 Å². The molecule has 3 rings (SSSR count). The first-order valence-corrected chi connectivity index (χ1v) is 8.41. The lowest BCUT2D eigenvalue weighted by Crippen LogP contribution is -2.43. The number of thiazole rings is 1. The number of aromatic nitrogens is 2. The van der Waals surface area contributed by atoms with E-state index in [0.717, 1.165) is 23.5 Å². The molecule has 1 aliphatic heterocycles. The van der Waals surface area contributed by atoms with E-state index in [9.17, 15) is 9.59 Å². The van der Waals surface area contributed by atoms with Gasteiger partial charge in [-0.1, -0.05) is 0 Å². The maximum absolute atomic E-state index is 12.4. The van der Waals surface area contributed by atoms with Crippen LogP contribution in [0.2, 0.25) is 0 Å². The van der Waals surface area contributed by atoms with Gasteiger partial charge in [-0.2, -0.15) is 0 Å². The highest BCUT2D eigenvalue weighted by molar-refractivity contribution is 7.15. The number of carbonyl (C=O) groups is 2. The van der Waals surface area contributed by atoms with Crippen molar-refractivity contribution < 1.29 is 14.3 Å². The number of likely N-dealkylation sites (tertiary alicyclic amines) is 1. The Hall–Kier alpha value is -1.89. The number of nitrogens with zero attached hydrogens (tertiary/aromatic N) is 3. The van der Waals surface area contributed by atoms with E-state index < -0.39 is 0 Å². The largest absolute Gasteiger partial charge is 0.466 e. The first-order valence-electron chi connectivity index (χ1n) is 7.53. The Morgan fingerprint density at radius 3 is 3.14 bits per heavy atom. The van der Waals surface area contributed by atoms with Crippen LogP contribution in [-0.4, -0.2) is 45.9 Å². The van der Waals surface area contributed by atoms with E-state index in [1.165, 1.54) is 0 Å². The monoisotopic (exact) mass is 321 g/mol. The molecule has 2 aromatic heterocycles. The summed E-state index contributed by atoms with van der Waals surface area (Å²) in [7, 11) is 0. The molecule has 1 atom stereocenters. The third-order valence-electron chi connectivity index (χ3n) is 3.87. The molecule has 6 nitrogen and oxygen atoms in total. The fourth-order valence-electron chi connectivity index (χ4n) is 2.78. The third kappa shape index (κ3) is 3.14. The van der Waals surface area contributed by atoms with Gasteiger partial charge in [0.15, 0.2) is 4.96 Å². The number of carbonyl (C=O) groups excluding carboxylic acids is 2. The molecule has 0 N–H and O–H groups in total. The van der Waals surface area contributed by atoms with Crippen molar-refractivity contribution in [1.29, 1.82) is 0 Å². The van der Waals surface area contributed by atoms with E-state index >= 15 is 0 Å². The van der Waals surface area contributed by atoms with Crippen LogP contribution in [0.3, 0.4) is 0 Å². The topological polar surface area (TPSA) is 63.9 Å². The summed E-state index contributed by atoms with van der Waals surface area (Å²) in [5.41, 5.74) is 0.773. The van der Waals surface area contributed by atoms with E-state index in [2.05, 4.69) is 4.98 Å². The molecule has 0 aliphatic carbocycles. The highest BCUT2D eigenvalue weighted by atomic mass is 32.1. The van der Waals surface area contributed by atoms with Crippen LogP contribution in [0, 0.1) is 5.92 Å². The molecule has 0 radical (unpaired) electrons. The number of rotatable bonds is 4. The number of fused-ring (bicyclic) bond motifs is 1. The molecule has 3 heterocycles. The van der Waals surface area contributed by atoms with Crippen LogP contribution in [0.25, 0.3) is 4.96 Å². The predicted molar refractivity (Wildman–Crippen MR) is 82.7 cm³/mol. The maximum Gasteiger partial charge on any atom is 0.310 e. The van der Waals surface area contributed by atoms with E-state index in [-0.39, 0.29) is 24.2 Å². The number of piperidine rings is 1.